The lowest BCUT2D eigenvalue weighted by atomic mass is 10.2. The molecule has 10 heteroatoms. The second-order valence-corrected chi connectivity index (χ2v) is 11.0. The normalized spacial score (nSPS) is 14.2. The van der Waals surface area contributed by atoms with Crippen molar-refractivity contribution in [3.8, 4) is 0 Å². The van der Waals surface area contributed by atoms with Crippen LogP contribution < -0.4 is 9.21 Å². The lowest BCUT2D eigenvalue weighted by Crippen LogP contribution is -2.52. The van der Waals surface area contributed by atoms with Gasteiger partial charge in [0.15, 0.2) is 0 Å². The molecule has 1 aliphatic heterocycles. The SMILES string of the molecule is Cc1ccc(S(=O)(=O)N(CC(=O)N2CCN(c3ccc(F)cc3)CC2)c2cc(Cl)cc(Cl)c2)cc1. The minimum atomic E-state index is -4.07. The molecule has 4 rings (SSSR count). The van der Waals surface area contributed by atoms with E-state index in [1.165, 1.54) is 42.5 Å². The molecule has 1 amide bonds. The average Bonchev–Trinajstić information content (AvgIpc) is 2.82. The van der Waals surface area contributed by atoms with Gasteiger partial charge in [-0.2, -0.15) is 0 Å². The van der Waals surface area contributed by atoms with Gasteiger partial charge in [0.2, 0.25) is 5.91 Å². The Labute approximate surface area is 214 Å². The fraction of sp³-hybridized carbons (Fsp3) is 0.240. The van der Waals surface area contributed by atoms with Gasteiger partial charge in [-0.15, -0.1) is 0 Å². The molecule has 35 heavy (non-hydrogen) atoms. The van der Waals surface area contributed by atoms with Crippen molar-refractivity contribution >= 4 is 50.5 Å². The second kappa shape index (κ2) is 10.4. The molecule has 6 nitrogen and oxygen atoms in total. The number of anilines is 2. The van der Waals surface area contributed by atoms with Crippen molar-refractivity contribution in [3.05, 3.63) is 88.2 Å². The smallest absolute Gasteiger partial charge is 0.264 e. The van der Waals surface area contributed by atoms with Crippen molar-refractivity contribution in [1.82, 2.24) is 4.90 Å². The average molecular weight is 536 g/mol. The summed E-state index contributed by atoms with van der Waals surface area (Å²) in [6.07, 6.45) is 0. The van der Waals surface area contributed by atoms with Crippen molar-refractivity contribution < 1.29 is 17.6 Å². The van der Waals surface area contributed by atoms with Crippen LogP contribution in [0.2, 0.25) is 10.0 Å². The summed E-state index contributed by atoms with van der Waals surface area (Å²) in [6, 6.07) is 17.1. The molecule has 1 fully saturated rings. The van der Waals surface area contributed by atoms with E-state index in [0.29, 0.717) is 26.2 Å². The molecule has 0 saturated carbocycles. The highest BCUT2D eigenvalue weighted by molar-refractivity contribution is 7.92. The molecule has 1 heterocycles. The molecule has 3 aromatic rings. The summed E-state index contributed by atoms with van der Waals surface area (Å²) >= 11 is 12.3. The van der Waals surface area contributed by atoms with Gasteiger partial charge in [0.1, 0.15) is 12.4 Å². The van der Waals surface area contributed by atoms with E-state index in [4.69, 9.17) is 23.2 Å². The third kappa shape index (κ3) is 5.89. The molecule has 0 radical (unpaired) electrons. The van der Waals surface area contributed by atoms with Gasteiger partial charge >= 0.3 is 0 Å². The largest absolute Gasteiger partial charge is 0.368 e. The number of sulfonamides is 1. The van der Waals surface area contributed by atoms with Gasteiger partial charge < -0.3 is 9.80 Å². The van der Waals surface area contributed by atoms with Crippen LogP contribution in [0.1, 0.15) is 5.56 Å². The maximum atomic E-state index is 13.6. The molecule has 0 unspecified atom stereocenters. The fourth-order valence-electron chi connectivity index (χ4n) is 3.92. The highest BCUT2D eigenvalue weighted by Crippen LogP contribution is 2.30. The van der Waals surface area contributed by atoms with E-state index in [9.17, 15) is 17.6 Å². The first-order valence-corrected chi connectivity index (χ1v) is 13.2. The van der Waals surface area contributed by atoms with Crippen LogP contribution in [0.3, 0.4) is 0 Å². The first-order chi connectivity index (χ1) is 16.6. The van der Waals surface area contributed by atoms with Crippen LogP contribution in [0, 0.1) is 12.7 Å². The third-order valence-corrected chi connectivity index (χ3v) is 8.07. The molecule has 0 spiro atoms. The van der Waals surface area contributed by atoms with Crippen LogP contribution in [-0.2, 0) is 14.8 Å². The molecule has 0 aromatic heterocycles. The van der Waals surface area contributed by atoms with E-state index in [1.807, 2.05) is 6.92 Å². The number of nitrogens with zero attached hydrogens (tertiary/aromatic N) is 3. The Kier molecular flexibility index (Phi) is 7.54. The monoisotopic (exact) mass is 535 g/mol. The van der Waals surface area contributed by atoms with Crippen LogP contribution in [0.5, 0.6) is 0 Å². The Bertz CT molecular complexity index is 1290. The Hall–Kier alpha value is -2.81. The fourth-order valence-corrected chi connectivity index (χ4v) is 5.84. The highest BCUT2D eigenvalue weighted by Gasteiger charge is 2.30. The van der Waals surface area contributed by atoms with Crippen LogP contribution in [0.25, 0.3) is 0 Å². The molecular weight excluding hydrogens is 512 g/mol. The summed E-state index contributed by atoms with van der Waals surface area (Å²) in [7, 11) is -4.07. The second-order valence-electron chi connectivity index (χ2n) is 8.30. The topological polar surface area (TPSA) is 60.9 Å². The molecule has 3 aromatic carbocycles. The molecule has 0 N–H and O–H groups in total. The van der Waals surface area contributed by atoms with E-state index >= 15 is 0 Å². The summed E-state index contributed by atoms with van der Waals surface area (Å²) in [4.78, 5) is 17.0. The Morgan fingerprint density at radius 2 is 1.49 bits per heavy atom. The van der Waals surface area contributed by atoms with Crippen LogP contribution in [0.15, 0.2) is 71.6 Å². The number of rotatable bonds is 6. The van der Waals surface area contributed by atoms with Crippen molar-refractivity contribution in [1.29, 1.82) is 0 Å². The van der Waals surface area contributed by atoms with Crippen LogP contribution in [-0.4, -0.2) is 51.9 Å². The predicted octanol–water partition coefficient (Wildman–Crippen LogP) is 4.99. The van der Waals surface area contributed by atoms with Gasteiger partial charge in [0.25, 0.3) is 10.0 Å². The Morgan fingerprint density at radius 3 is 2.06 bits per heavy atom. The van der Waals surface area contributed by atoms with Gasteiger partial charge in [-0.3, -0.25) is 9.10 Å². The number of halogens is 3. The number of benzene rings is 3. The molecule has 1 saturated heterocycles. The molecular formula is C25H24Cl2FN3O3S. The highest BCUT2D eigenvalue weighted by atomic mass is 35.5. The molecule has 0 atom stereocenters. The van der Waals surface area contributed by atoms with E-state index in [0.717, 1.165) is 15.6 Å². The van der Waals surface area contributed by atoms with E-state index < -0.39 is 16.6 Å². The first kappa shape index (κ1) is 25.3. The Morgan fingerprint density at radius 1 is 0.914 bits per heavy atom. The molecule has 1 aliphatic rings. The summed E-state index contributed by atoms with van der Waals surface area (Å²) in [5, 5.41) is 0.522. The first-order valence-electron chi connectivity index (χ1n) is 11.0. The van der Waals surface area contributed by atoms with Gasteiger partial charge in [0.05, 0.1) is 10.6 Å². The number of carbonyl (C=O) groups excluding carboxylic acids is 1. The number of aryl methyl sites for hydroxylation is 1. The minimum absolute atomic E-state index is 0.0631. The number of carbonyl (C=O) groups is 1. The zero-order chi connectivity index (χ0) is 25.2. The molecule has 0 aliphatic carbocycles. The minimum Gasteiger partial charge on any atom is -0.368 e. The number of amides is 1. The maximum absolute atomic E-state index is 13.6. The standard InChI is InChI=1S/C25H24Cl2FN3O3S/c1-18-2-8-24(9-3-18)35(33,34)31(23-15-19(26)14-20(27)16-23)17-25(32)30-12-10-29(11-13-30)22-6-4-21(28)5-7-22/h2-9,14-16H,10-13,17H2,1H3. The van der Waals surface area contributed by atoms with Gasteiger partial charge in [-0.25, -0.2) is 12.8 Å². The third-order valence-electron chi connectivity index (χ3n) is 5.85. The van der Waals surface area contributed by atoms with E-state index in [1.54, 1.807) is 29.2 Å². The number of hydrogen-bond acceptors (Lipinski definition) is 4. The summed E-state index contributed by atoms with van der Waals surface area (Å²) in [5.41, 5.74) is 1.99. The van der Waals surface area contributed by atoms with Crippen LogP contribution >= 0.6 is 23.2 Å². The molecule has 184 valence electrons. The van der Waals surface area contributed by atoms with Crippen molar-refractivity contribution in [3.63, 3.8) is 0 Å². The number of piperazine rings is 1. The lowest BCUT2D eigenvalue weighted by Gasteiger charge is -2.37. The number of hydrogen-bond donors (Lipinski definition) is 0. The van der Waals surface area contributed by atoms with Crippen LogP contribution in [0.4, 0.5) is 15.8 Å². The zero-order valence-electron chi connectivity index (χ0n) is 19.0. The van der Waals surface area contributed by atoms with Gasteiger partial charge in [0, 0.05) is 41.9 Å². The maximum Gasteiger partial charge on any atom is 0.264 e. The quantitative estimate of drug-likeness (QED) is 0.446. The molecule has 0 bridgehead atoms. The lowest BCUT2D eigenvalue weighted by molar-refractivity contribution is -0.129. The zero-order valence-corrected chi connectivity index (χ0v) is 21.3. The summed E-state index contributed by atoms with van der Waals surface area (Å²) < 4.78 is 41.4. The van der Waals surface area contributed by atoms with E-state index in [2.05, 4.69) is 4.90 Å². The predicted molar refractivity (Wildman–Crippen MR) is 137 cm³/mol. The van der Waals surface area contributed by atoms with Gasteiger partial charge in [-0.05, 0) is 61.5 Å². The Balaban J connectivity index is 1.56. The van der Waals surface area contributed by atoms with Crippen molar-refractivity contribution in [2.75, 3.05) is 41.9 Å². The van der Waals surface area contributed by atoms with Crippen molar-refractivity contribution in [2.24, 2.45) is 0 Å². The van der Waals surface area contributed by atoms with Gasteiger partial charge in [-0.1, -0.05) is 40.9 Å². The summed E-state index contributed by atoms with van der Waals surface area (Å²) in [6.45, 7) is 3.37. The van der Waals surface area contributed by atoms with E-state index in [-0.39, 0.29) is 32.4 Å². The summed E-state index contributed by atoms with van der Waals surface area (Å²) in [5.74, 6) is -0.644. The van der Waals surface area contributed by atoms with Crippen molar-refractivity contribution in [2.45, 2.75) is 11.8 Å².